The van der Waals surface area contributed by atoms with Gasteiger partial charge in [-0.2, -0.15) is 0 Å². The molecule has 0 heterocycles. The molecule has 0 atom stereocenters. The Morgan fingerprint density at radius 3 is 2.21 bits per heavy atom. The van der Waals surface area contributed by atoms with Gasteiger partial charge in [-0.05, 0) is 42.2 Å². The summed E-state index contributed by atoms with van der Waals surface area (Å²) in [5.41, 5.74) is 4.57. The Kier molecular flexibility index (Phi) is 5.17. The molecule has 0 bridgehead atoms. The average molecular weight is 326 g/mol. The van der Waals surface area contributed by atoms with E-state index in [1.54, 1.807) is 0 Å². The van der Waals surface area contributed by atoms with Crippen molar-refractivity contribution >= 4 is 17.3 Å². The molecule has 4 nitrogen and oxygen atoms in total. The first-order valence-corrected chi connectivity index (χ1v) is 8.11. The smallest absolute Gasteiger partial charge is 0.221 e. The molecule has 0 saturated carbocycles. The standard InChI is InChI=1S/C20H26N2O2/c1-13-10-15(19(24)18(11-13)20(3,4)5)12-21-16-6-8-17(9-7-16)22-14(2)23/h6-11,21,24H,12H2,1-5H3,(H,22,23). The van der Waals surface area contributed by atoms with Gasteiger partial charge < -0.3 is 15.7 Å². The highest BCUT2D eigenvalue weighted by molar-refractivity contribution is 5.88. The highest BCUT2D eigenvalue weighted by Crippen LogP contribution is 2.34. The van der Waals surface area contributed by atoms with Gasteiger partial charge in [0.15, 0.2) is 0 Å². The quantitative estimate of drug-likeness (QED) is 0.771. The van der Waals surface area contributed by atoms with Crippen molar-refractivity contribution < 1.29 is 9.90 Å². The van der Waals surface area contributed by atoms with Gasteiger partial charge in [0.05, 0.1) is 0 Å². The molecule has 2 aromatic carbocycles. The van der Waals surface area contributed by atoms with Crippen molar-refractivity contribution in [3.8, 4) is 5.75 Å². The van der Waals surface area contributed by atoms with E-state index < -0.39 is 0 Å². The average Bonchev–Trinajstić information content (AvgIpc) is 2.47. The second-order valence-corrected chi connectivity index (χ2v) is 7.18. The van der Waals surface area contributed by atoms with E-state index >= 15 is 0 Å². The van der Waals surface area contributed by atoms with Crippen LogP contribution in [0.2, 0.25) is 0 Å². The molecule has 128 valence electrons. The molecule has 0 aliphatic heterocycles. The maximum atomic E-state index is 11.0. The first-order chi connectivity index (χ1) is 11.2. The number of benzene rings is 2. The molecule has 2 aromatic rings. The third-order valence-corrected chi connectivity index (χ3v) is 3.83. The van der Waals surface area contributed by atoms with Crippen LogP contribution >= 0.6 is 0 Å². The number of anilines is 2. The van der Waals surface area contributed by atoms with Crippen molar-refractivity contribution in [2.24, 2.45) is 0 Å². The highest BCUT2D eigenvalue weighted by atomic mass is 16.3. The third-order valence-electron chi connectivity index (χ3n) is 3.83. The lowest BCUT2D eigenvalue weighted by atomic mass is 9.84. The Morgan fingerprint density at radius 1 is 1.08 bits per heavy atom. The molecule has 24 heavy (non-hydrogen) atoms. The highest BCUT2D eigenvalue weighted by Gasteiger charge is 2.20. The molecule has 0 saturated heterocycles. The summed E-state index contributed by atoms with van der Waals surface area (Å²) >= 11 is 0. The molecule has 2 rings (SSSR count). The molecule has 0 aliphatic carbocycles. The van der Waals surface area contributed by atoms with Crippen LogP contribution < -0.4 is 10.6 Å². The topological polar surface area (TPSA) is 61.4 Å². The number of hydrogen-bond acceptors (Lipinski definition) is 3. The van der Waals surface area contributed by atoms with Crippen LogP contribution in [0.4, 0.5) is 11.4 Å². The molecular formula is C20H26N2O2. The van der Waals surface area contributed by atoms with Crippen LogP contribution in [0, 0.1) is 6.92 Å². The number of aromatic hydroxyl groups is 1. The maximum absolute atomic E-state index is 11.0. The molecule has 0 radical (unpaired) electrons. The number of aryl methyl sites for hydroxylation is 1. The Balaban J connectivity index is 2.14. The predicted molar refractivity (Wildman–Crippen MR) is 99.6 cm³/mol. The van der Waals surface area contributed by atoms with Gasteiger partial charge in [-0.3, -0.25) is 4.79 Å². The summed E-state index contributed by atoms with van der Waals surface area (Å²) < 4.78 is 0. The number of hydrogen-bond donors (Lipinski definition) is 3. The Labute approximate surface area is 143 Å². The molecule has 0 aliphatic rings. The first-order valence-electron chi connectivity index (χ1n) is 8.11. The van der Waals surface area contributed by atoms with Gasteiger partial charge in [-0.25, -0.2) is 0 Å². The summed E-state index contributed by atoms with van der Waals surface area (Å²) in [6.07, 6.45) is 0. The molecule has 3 N–H and O–H groups in total. The second-order valence-electron chi connectivity index (χ2n) is 7.18. The van der Waals surface area contributed by atoms with Crippen molar-refractivity contribution in [1.29, 1.82) is 0 Å². The van der Waals surface area contributed by atoms with Crippen molar-refractivity contribution in [3.05, 3.63) is 53.1 Å². The summed E-state index contributed by atoms with van der Waals surface area (Å²) in [7, 11) is 0. The van der Waals surface area contributed by atoms with Crippen LogP contribution in [0.5, 0.6) is 5.75 Å². The van der Waals surface area contributed by atoms with Gasteiger partial charge in [-0.1, -0.05) is 38.5 Å². The van der Waals surface area contributed by atoms with Crippen molar-refractivity contribution in [2.45, 2.75) is 46.6 Å². The first kappa shape index (κ1) is 17.9. The SMILES string of the molecule is CC(=O)Nc1ccc(NCc2cc(C)cc(C(C)(C)C)c2O)cc1. The summed E-state index contributed by atoms with van der Waals surface area (Å²) in [6.45, 7) is 10.4. The van der Waals surface area contributed by atoms with Gasteiger partial charge in [0.1, 0.15) is 5.75 Å². The van der Waals surface area contributed by atoms with E-state index in [4.69, 9.17) is 0 Å². The van der Waals surface area contributed by atoms with Gasteiger partial charge in [-0.15, -0.1) is 0 Å². The van der Waals surface area contributed by atoms with E-state index in [0.29, 0.717) is 12.3 Å². The van der Waals surface area contributed by atoms with E-state index in [9.17, 15) is 9.90 Å². The van der Waals surface area contributed by atoms with Crippen LogP contribution in [0.3, 0.4) is 0 Å². The maximum Gasteiger partial charge on any atom is 0.221 e. The zero-order chi connectivity index (χ0) is 17.9. The zero-order valence-electron chi connectivity index (χ0n) is 15.0. The predicted octanol–water partition coefficient (Wildman–Crippen LogP) is 4.57. The largest absolute Gasteiger partial charge is 0.507 e. The van der Waals surface area contributed by atoms with Gasteiger partial charge in [0.2, 0.25) is 5.91 Å². The van der Waals surface area contributed by atoms with Crippen LogP contribution in [0.15, 0.2) is 36.4 Å². The van der Waals surface area contributed by atoms with Crippen LogP contribution in [0.25, 0.3) is 0 Å². The monoisotopic (exact) mass is 326 g/mol. The number of phenolic OH excluding ortho intramolecular Hbond substituents is 1. The number of nitrogens with one attached hydrogen (secondary N) is 2. The van der Waals surface area contributed by atoms with Crippen molar-refractivity contribution in [3.63, 3.8) is 0 Å². The fraction of sp³-hybridized carbons (Fsp3) is 0.350. The van der Waals surface area contributed by atoms with Crippen molar-refractivity contribution in [1.82, 2.24) is 0 Å². The van der Waals surface area contributed by atoms with Crippen LogP contribution in [0.1, 0.15) is 44.4 Å². The summed E-state index contributed by atoms with van der Waals surface area (Å²) in [5, 5.41) is 16.6. The van der Waals surface area contributed by atoms with E-state index in [-0.39, 0.29) is 11.3 Å². The van der Waals surface area contributed by atoms with E-state index in [1.807, 2.05) is 43.3 Å². The fourth-order valence-electron chi connectivity index (χ4n) is 2.63. The fourth-order valence-corrected chi connectivity index (χ4v) is 2.63. The molecule has 0 aromatic heterocycles. The number of rotatable bonds is 4. The summed E-state index contributed by atoms with van der Waals surface area (Å²) in [6, 6.07) is 11.6. The minimum atomic E-state index is -0.106. The van der Waals surface area contributed by atoms with Gasteiger partial charge in [0.25, 0.3) is 0 Å². The van der Waals surface area contributed by atoms with E-state index in [1.165, 1.54) is 6.92 Å². The van der Waals surface area contributed by atoms with Gasteiger partial charge in [0, 0.05) is 30.4 Å². The molecule has 1 amide bonds. The summed E-state index contributed by atoms with van der Waals surface area (Å²) in [5.74, 6) is 0.269. The molecular weight excluding hydrogens is 300 g/mol. The van der Waals surface area contributed by atoms with E-state index in [2.05, 4.69) is 31.4 Å². The molecule has 0 fully saturated rings. The zero-order valence-corrected chi connectivity index (χ0v) is 15.0. The Hall–Kier alpha value is -2.49. The summed E-state index contributed by atoms with van der Waals surface area (Å²) in [4.78, 5) is 11.0. The number of carbonyl (C=O) groups is 1. The van der Waals surface area contributed by atoms with Crippen LogP contribution in [-0.4, -0.2) is 11.0 Å². The van der Waals surface area contributed by atoms with Gasteiger partial charge >= 0.3 is 0 Å². The molecule has 0 unspecified atom stereocenters. The lowest BCUT2D eigenvalue weighted by molar-refractivity contribution is -0.114. The normalized spacial score (nSPS) is 11.2. The lowest BCUT2D eigenvalue weighted by Gasteiger charge is -2.23. The van der Waals surface area contributed by atoms with Crippen LogP contribution in [-0.2, 0) is 16.8 Å². The minimum absolute atomic E-state index is 0.0879. The number of phenols is 1. The minimum Gasteiger partial charge on any atom is -0.507 e. The number of carbonyl (C=O) groups excluding carboxylic acids is 1. The second kappa shape index (κ2) is 6.95. The van der Waals surface area contributed by atoms with E-state index in [0.717, 1.165) is 28.1 Å². The molecule has 4 heteroatoms. The van der Waals surface area contributed by atoms with Crippen molar-refractivity contribution in [2.75, 3.05) is 10.6 Å². The molecule has 0 spiro atoms. The Morgan fingerprint density at radius 2 is 1.67 bits per heavy atom. The Bertz CT molecular complexity index is 729. The lowest BCUT2D eigenvalue weighted by Crippen LogP contribution is -2.13. The number of amides is 1. The third kappa shape index (κ3) is 4.51.